The van der Waals surface area contributed by atoms with Crippen molar-refractivity contribution in [2.75, 3.05) is 13.1 Å². The molecule has 1 atom stereocenters. The van der Waals surface area contributed by atoms with Gasteiger partial charge in [0, 0.05) is 6.54 Å². The average Bonchev–Trinajstić information content (AvgIpc) is 3.29. The third-order valence-corrected chi connectivity index (χ3v) is 5.59. The van der Waals surface area contributed by atoms with E-state index < -0.39 is 17.7 Å². The number of carbonyl (C=O) groups is 1. The van der Waals surface area contributed by atoms with Crippen molar-refractivity contribution in [3.05, 3.63) is 90.3 Å². The van der Waals surface area contributed by atoms with Gasteiger partial charge >= 0.3 is 5.97 Å². The molecule has 1 unspecified atom stereocenters. The molecule has 1 aromatic heterocycles. The Hall–Kier alpha value is -3.84. The van der Waals surface area contributed by atoms with Crippen molar-refractivity contribution in [2.24, 2.45) is 0 Å². The summed E-state index contributed by atoms with van der Waals surface area (Å²) in [7, 11) is 0. The summed E-state index contributed by atoms with van der Waals surface area (Å²) in [5, 5.41) is 12.8. The summed E-state index contributed by atoms with van der Waals surface area (Å²) in [5.74, 6) is 0.861. The Morgan fingerprint density at radius 2 is 1.74 bits per heavy atom. The summed E-state index contributed by atoms with van der Waals surface area (Å²) in [6.07, 6.45) is 1.18. The minimum Gasteiger partial charge on any atom is -0.479 e. The van der Waals surface area contributed by atoms with Crippen molar-refractivity contribution in [3.63, 3.8) is 0 Å². The van der Waals surface area contributed by atoms with Gasteiger partial charge in [0.1, 0.15) is 17.0 Å². The largest absolute Gasteiger partial charge is 0.479 e. The predicted molar refractivity (Wildman–Crippen MR) is 134 cm³/mol. The molecule has 3 aromatic carbocycles. The van der Waals surface area contributed by atoms with Crippen LogP contribution in [-0.2, 0) is 11.2 Å². The molecule has 182 valence electrons. The first-order chi connectivity index (χ1) is 16.9. The molecule has 0 aliphatic carbocycles. The molecular formula is C28H30N2O5. The molecule has 35 heavy (non-hydrogen) atoms. The summed E-state index contributed by atoms with van der Waals surface area (Å²) in [5.41, 5.74) is 1.20. The van der Waals surface area contributed by atoms with Gasteiger partial charge in [-0.3, -0.25) is 0 Å². The first-order valence-corrected chi connectivity index (χ1v) is 11.7. The highest BCUT2D eigenvalue weighted by Gasteiger charge is 2.30. The topological polar surface area (TPSA) is 93.8 Å². The van der Waals surface area contributed by atoms with Crippen LogP contribution in [0.2, 0.25) is 0 Å². The summed E-state index contributed by atoms with van der Waals surface area (Å²) in [6.45, 7) is 4.34. The number of carboxylic acids is 1. The number of para-hydroxylation sites is 4. The van der Waals surface area contributed by atoms with Gasteiger partial charge in [-0.1, -0.05) is 48.5 Å². The maximum absolute atomic E-state index is 11.4. The van der Waals surface area contributed by atoms with Gasteiger partial charge in [0.05, 0.1) is 0 Å². The monoisotopic (exact) mass is 474 g/mol. The third kappa shape index (κ3) is 6.39. The van der Waals surface area contributed by atoms with Gasteiger partial charge in [-0.2, -0.15) is 0 Å². The first kappa shape index (κ1) is 24.3. The molecule has 4 rings (SSSR count). The van der Waals surface area contributed by atoms with E-state index in [1.807, 2.05) is 78.9 Å². The van der Waals surface area contributed by atoms with Crippen LogP contribution in [0.4, 0.5) is 0 Å². The molecule has 7 nitrogen and oxygen atoms in total. The van der Waals surface area contributed by atoms with Crippen molar-refractivity contribution < 1.29 is 23.8 Å². The number of aromatic nitrogens is 1. The Morgan fingerprint density at radius 1 is 1.03 bits per heavy atom. The maximum Gasteiger partial charge on any atom is 0.347 e. The van der Waals surface area contributed by atoms with Crippen LogP contribution in [0.1, 0.15) is 37.8 Å². The zero-order valence-corrected chi connectivity index (χ0v) is 19.9. The Balaban J connectivity index is 1.37. The predicted octanol–water partition coefficient (Wildman–Crippen LogP) is 5.41. The smallest absolute Gasteiger partial charge is 0.347 e. The first-order valence-electron chi connectivity index (χ1n) is 11.7. The van der Waals surface area contributed by atoms with Crippen LogP contribution in [0.5, 0.6) is 11.5 Å². The maximum atomic E-state index is 11.4. The summed E-state index contributed by atoms with van der Waals surface area (Å²) >= 11 is 0. The van der Waals surface area contributed by atoms with Crippen LogP contribution < -0.4 is 14.8 Å². The van der Waals surface area contributed by atoms with E-state index in [1.165, 1.54) is 0 Å². The minimum absolute atomic E-state index is 0.392. The van der Waals surface area contributed by atoms with E-state index in [0.29, 0.717) is 18.2 Å². The zero-order valence-electron chi connectivity index (χ0n) is 19.9. The van der Waals surface area contributed by atoms with E-state index in [4.69, 9.17) is 13.9 Å². The fourth-order valence-corrected chi connectivity index (χ4v) is 3.64. The van der Waals surface area contributed by atoms with E-state index in [-0.39, 0.29) is 0 Å². The minimum atomic E-state index is -1.30. The zero-order chi connectivity index (χ0) is 24.7. The van der Waals surface area contributed by atoms with Crippen molar-refractivity contribution in [1.82, 2.24) is 10.3 Å². The van der Waals surface area contributed by atoms with E-state index in [1.54, 1.807) is 13.8 Å². The summed E-state index contributed by atoms with van der Waals surface area (Å²) in [6, 6.07) is 24.8. The Labute approximate surface area is 204 Å². The molecule has 0 fully saturated rings. The number of ether oxygens (including phenoxy) is 2. The quantitative estimate of drug-likeness (QED) is 0.265. The SMILES string of the molecule is CC(C)(Oc1ccccc1CCCNCC(Oc1ccccc1)c1nc2ccccc2o1)C(=O)O. The molecule has 1 heterocycles. The van der Waals surface area contributed by atoms with E-state index in [9.17, 15) is 9.90 Å². The Morgan fingerprint density at radius 3 is 2.51 bits per heavy atom. The van der Waals surface area contributed by atoms with Crippen LogP contribution in [0, 0.1) is 0 Å². The lowest BCUT2D eigenvalue weighted by molar-refractivity contribution is -0.152. The highest BCUT2D eigenvalue weighted by atomic mass is 16.5. The van der Waals surface area contributed by atoms with E-state index in [0.717, 1.165) is 41.8 Å². The van der Waals surface area contributed by atoms with Gasteiger partial charge in [-0.25, -0.2) is 9.78 Å². The summed E-state index contributed by atoms with van der Waals surface area (Å²) < 4.78 is 17.9. The number of nitrogens with zero attached hydrogens (tertiary/aromatic N) is 1. The van der Waals surface area contributed by atoms with Crippen molar-refractivity contribution in [2.45, 2.75) is 38.4 Å². The van der Waals surface area contributed by atoms with Gasteiger partial charge < -0.3 is 24.3 Å². The lowest BCUT2D eigenvalue weighted by Gasteiger charge is -2.23. The number of fused-ring (bicyclic) bond motifs is 1. The lowest BCUT2D eigenvalue weighted by atomic mass is 10.1. The standard InChI is InChI=1S/C28H30N2O5/c1-28(2,27(31)32)35-23-16-8-6-11-20(23)12-10-18-29-19-25(33-21-13-4-3-5-14-21)26-30-22-15-7-9-17-24(22)34-26/h3-9,11,13-17,25,29H,10,12,18-19H2,1-2H3,(H,31,32). The molecule has 4 aromatic rings. The van der Waals surface area contributed by atoms with Crippen LogP contribution in [-0.4, -0.2) is 34.8 Å². The van der Waals surface area contributed by atoms with Crippen molar-refractivity contribution >= 4 is 17.1 Å². The number of hydrogen-bond acceptors (Lipinski definition) is 6. The average molecular weight is 475 g/mol. The number of aliphatic carboxylic acids is 1. The number of oxazole rings is 1. The molecule has 0 aliphatic rings. The van der Waals surface area contributed by atoms with Gasteiger partial charge in [0.15, 0.2) is 17.3 Å². The fraction of sp³-hybridized carbons (Fsp3) is 0.286. The molecule has 0 bridgehead atoms. The second-order valence-corrected chi connectivity index (χ2v) is 8.77. The van der Waals surface area contributed by atoms with Crippen LogP contribution in [0.25, 0.3) is 11.1 Å². The molecule has 0 aliphatic heterocycles. The van der Waals surface area contributed by atoms with Crippen LogP contribution in [0.15, 0.2) is 83.3 Å². The third-order valence-electron chi connectivity index (χ3n) is 5.59. The molecular weight excluding hydrogens is 444 g/mol. The molecule has 0 radical (unpaired) electrons. The number of aryl methyl sites for hydroxylation is 1. The van der Waals surface area contributed by atoms with Crippen LogP contribution >= 0.6 is 0 Å². The normalized spacial score (nSPS) is 12.4. The molecule has 2 N–H and O–H groups in total. The number of benzene rings is 3. The second-order valence-electron chi connectivity index (χ2n) is 8.77. The molecule has 0 saturated carbocycles. The highest BCUT2D eigenvalue weighted by Crippen LogP contribution is 2.26. The van der Waals surface area contributed by atoms with Gasteiger partial charge in [0.25, 0.3) is 0 Å². The van der Waals surface area contributed by atoms with E-state index in [2.05, 4.69) is 10.3 Å². The molecule has 0 saturated heterocycles. The number of nitrogens with one attached hydrogen (secondary N) is 1. The van der Waals surface area contributed by atoms with Crippen molar-refractivity contribution in [1.29, 1.82) is 0 Å². The molecule has 7 heteroatoms. The van der Waals surface area contributed by atoms with Gasteiger partial charge in [0.2, 0.25) is 5.89 Å². The highest BCUT2D eigenvalue weighted by molar-refractivity contribution is 5.76. The number of rotatable bonds is 12. The second kappa shape index (κ2) is 11.1. The Kier molecular flexibility index (Phi) is 7.67. The van der Waals surface area contributed by atoms with E-state index >= 15 is 0 Å². The van der Waals surface area contributed by atoms with Crippen LogP contribution in [0.3, 0.4) is 0 Å². The lowest BCUT2D eigenvalue weighted by Crippen LogP contribution is -2.38. The molecule has 0 spiro atoms. The van der Waals surface area contributed by atoms with Gasteiger partial charge in [-0.05, 0) is 69.1 Å². The number of carboxylic acid groups (broad SMARTS) is 1. The van der Waals surface area contributed by atoms with Crippen molar-refractivity contribution in [3.8, 4) is 11.5 Å². The fourth-order valence-electron chi connectivity index (χ4n) is 3.64. The Bertz CT molecular complexity index is 1220. The van der Waals surface area contributed by atoms with Gasteiger partial charge in [-0.15, -0.1) is 0 Å². The summed E-state index contributed by atoms with van der Waals surface area (Å²) in [4.78, 5) is 16.1. The molecule has 0 amide bonds. The number of hydrogen-bond donors (Lipinski definition) is 2.